The van der Waals surface area contributed by atoms with Crippen molar-refractivity contribution in [1.29, 1.82) is 0 Å². The average molecular weight is 204 g/mol. The molecule has 15 heavy (non-hydrogen) atoms. The molecule has 3 nitrogen and oxygen atoms in total. The third-order valence-corrected chi connectivity index (χ3v) is 2.75. The summed E-state index contributed by atoms with van der Waals surface area (Å²) >= 11 is 0. The summed E-state index contributed by atoms with van der Waals surface area (Å²) in [6.07, 6.45) is 3.25. The van der Waals surface area contributed by atoms with E-state index in [0.29, 0.717) is 12.0 Å². The summed E-state index contributed by atoms with van der Waals surface area (Å²) in [5, 5.41) is 8.84. The SMILES string of the molecule is O=C(O)c1ccc2c(c1)CCCCC2=O. The van der Waals surface area contributed by atoms with Crippen LogP contribution in [0.25, 0.3) is 0 Å². The van der Waals surface area contributed by atoms with Crippen molar-refractivity contribution in [3.63, 3.8) is 0 Å². The molecule has 1 aliphatic rings. The Morgan fingerprint density at radius 3 is 2.67 bits per heavy atom. The lowest BCUT2D eigenvalue weighted by molar-refractivity contribution is 0.0696. The van der Waals surface area contributed by atoms with Gasteiger partial charge < -0.3 is 5.11 Å². The number of carboxylic acids is 1. The number of rotatable bonds is 1. The third kappa shape index (κ3) is 1.91. The Morgan fingerprint density at radius 2 is 1.93 bits per heavy atom. The van der Waals surface area contributed by atoms with Gasteiger partial charge in [-0.2, -0.15) is 0 Å². The summed E-state index contributed by atoms with van der Waals surface area (Å²) < 4.78 is 0. The summed E-state index contributed by atoms with van der Waals surface area (Å²) in [5.74, 6) is -0.797. The Kier molecular flexibility index (Phi) is 2.54. The minimum atomic E-state index is -0.936. The van der Waals surface area contributed by atoms with E-state index in [4.69, 9.17) is 5.11 Å². The number of fused-ring (bicyclic) bond motifs is 1. The monoisotopic (exact) mass is 204 g/mol. The van der Waals surface area contributed by atoms with Gasteiger partial charge in [-0.15, -0.1) is 0 Å². The van der Waals surface area contributed by atoms with Crippen LogP contribution in [0.15, 0.2) is 18.2 Å². The van der Waals surface area contributed by atoms with Crippen molar-refractivity contribution in [2.45, 2.75) is 25.7 Å². The molecule has 3 heteroatoms. The van der Waals surface area contributed by atoms with Crippen molar-refractivity contribution in [2.24, 2.45) is 0 Å². The maximum Gasteiger partial charge on any atom is 0.335 e. The first kappa shape index (κ1) is 9.90. The Balaban J connectivity index is 2.47. The Morgan fingerprint density at radius 1 is 1.20 bits per heavy atom. The highest BCUT2D eigenvalue weighted by Gasteiger charge is 2.16. The number of Topliss-reactive ketones (excluding diaryl/α,β-unsaturated/α-hetero) is 1. The van der Waals surface area contributed by atoms with Gasteiger partial charge in [-0.25, -0.2) is 4.79 Å². The average Bonchev–Trinajstić information content (AvgIpc) is 2.40. The van der Waals surface area contributed by atoms with Gasteiger partial charge in [0.25, 0.3) is 0 Å². The number of carboxylic acid groups (broad SMARTS) is 1. The van der Waals surface area contributed by atoms with E-state index in [0.717, 1.165) is 24.8 Å². The molecule has 1 N–H and O–H groups in total. The lowest BCUT2D eigenvalue weighted by Gasteiger charge is -2.05. The van der Waals surface area contributed by atoms with E-state index >= 15 is 0 Å². The van der Waals surface area contributed by atoms with Crippen LogP contribution < -0.4 is 0 Å². The molecule has 0 atom stereocenters. The van der Waals surface area contributed by atoms with E-state index in [9.17, 15) is 9.59 Å². The zero-order valence-corrected chi connectivity index (χ0v) is 8.32. The van der Waals surface area contributed by atoms with Gasteiger partial charge in [-0.05, 0) is 37.0 Å². The van der Waals surface area contributed by atoms with Crippen LogP contribution in [0.3, 0.4) is 0 Å². The molecule has 0 aromatic heterocycles. The van der Waals surface area contributed by atoms with Gasteiger partial charge in [0.1, 0.15) is 0 Å². The largest absolute Gasteiger partial charge is 0.478 e. The van der Waals surface area contributed by atoms with Crippen LogP contribution >= 0.6 is 0 Å². The molecule has 0 saturated carbocycles. The number of carbonyl (C=O) groups is 2. The normalized spacial score (nSPS) is 15.6. The van der Waals surface area contributed by atoms with Gasteiger partial charge in [0, 0.05) is 12.0 Å². The number of hydrogen-bond donors (Lipinski definition) is 1. The van der Waals surface area contributed by atoms with Crippen molar-refractivity contribution >= 4 is 11.8 Å². The van der Waals surface area contributed by atoms with Crippen LogP contribution in [0.2, 0.25) is 0 Å². The Hall–Kier alpha value is -1.64. The highest BCUT2D eigenvalue weighted by Crippen LogP contribution is 2.21. The molecular formula is C12H12O3. The van der Waals surface area contributed by atoms with E-state index in [-0.39, 0.29) is 11.3 Å². The Labute approximate surface area is 87.7 Å². The first-order chi connectivity index (χ1) is 7.18. The van der Waals surface area contributed by atoms with Crippen LogP contribution in [0, 0.1) is 0 Å². The number of carbonyl (C=O) groups excluding carboxylic acids is 1. The second kappa shape index (κ2) is 3.85. The van der Waals surface area contributed by atoms with Gasteiger partial charge in [0.05, 0.1) is 5.56 Å². The van der Waals surface area contributed by atoms with Gasteiger partial charge >= 0.3 is 5.97 Å². The maximum absolute atomic E-state index is 11.6. The number of benzene rings is 1. The molecule has 78 valence electrons. The Bertz CT molecular complexity index is 421. The number of ketones is 1. The first-order valence-electron chi connectivity index (χ1n) is 5.08. The van der Waals surface area contributed by atoms with Gasteiger partial charge in [0.15, 0.2) is 5.78 Å². The van der Waals surface area contributed by atoms with E-state index in [2.05, 4.69) is 0 Å². The first-order valence-corrected chi connectivity index (χ1v) is 5.08. The molecule has 1 aliphatic carbocycles. The second-order valence-corrected chi connectivity index (χ2v) is 3.81. The van der Waals surface area contributed by atoms with E-state index in [1.807, 2.05) is 0 Å². The second-order valence-electron chi connectivity index (χ2n) is 3.81. The molecule has 1 aromatic carbocycles. The predicted octanol–water partition coefficient (Wildman–Crippen LogP) is 2.29. The zero-order valence-electron chi connectivity index (χ0n) is 8.32. The smallest absolute Gasteiger partial charge is 0.335 e. The van der Waals surface area contributed by atoms with Crippen molar-refractivity contribution in [2.75, 3.05) is 0 Å². The number of aromatic carboxylic acids is 1. The molecule has 0 amide bonds. The van der Waals surface area contributed by atoms with Crippen LogP contribution in [0.1, 0.15) is 45.5 Å². The summed E-state index contributed by atoms with van der Waals surface area (Å²) in [7, 11) is 0. The molecule has 2 rings (SSSR count). The molecule has 0 saturated heterocycles. The standard InChI is InChI=1S/C12H12O3/c13-11-4-2-1-3-8-7-9(12(14)15)5-6-10(8)11/h5-7H,1-4H2,(H,14,15). The molecule has 0 radical (unpaired) electrons. The van der Waals surface area contributed by atoms with E-state index in [1.54, 1.807) is 12.1 Å². The molecule has 0 unspecified atom stereocenters. The van der Waals surface area contributed by atoms with Crippen LogP contribution in [0.4, 0.5) is 0 Å². The van der Waals surface area contributed by atoms with Crippen molar-refractivity contribution < 1.29 is 14.7 Å². The highest BCUT2D eigenvalue weighted by molar-refractivity contribution is 5.99. The minimum absolute atomic E-state index is 0.138. The molecule has 0 aliphatic heterocycles. The fourth-order valence-electron chi connectivity index (χ4n) is 1.94. The van der Waals surface area contributed by atoms with Crippen LogP contribution in [-0.2, 0) is 6.42 Å². The highest BCUT2D eigenvalue weighted by atomic mass is 16.4. The minimum Gasteiger partial charge on any atom is -0.478 e. The fourth-order valence-corrected chi connectivity index (χ4v) is 1.94. The molecule has 1 aromatic rings. The van der Waals surface area contributed by atoms with Crippen LogP contribution in [-0.4, -0.2) is 16.9 Å². The molecule has 0 heterocycles. The van der Waals surface area contributed by atoms with E-state index < -0.39 is 5.97 Å². The molecule has 0 spiro atoms. The molecule has 0 fully saturated rings. The van der Waals surface area contributed by atoms with Gasteiger partial charge in [-0.1, -0.05) is 6.07 Å². The summed E-state index contributed by atoms with van der Waals surface area (Å²) in [5.41, 5.74) is 1.86. The lowest BCUT2D eigenvalue weighted by Crippen LogP contribution is -2.03. The van der Waals surface area contributed by atoms with Crippen molar-refractivity contribution in [3.8, 4) is 0 Å². The van der Waals surface area contributed by atoms with Crippen molar-refractivity contribution in [3.05, 3.63) is 34.9 Å². The predicted molar refractivity (Wildman–Crippen MR) is 55.3 cm³/mol. The van der Waals surface area contributed by atoms with Gasteiger partial charge in [0.2, 0.25) is 0 Å². The summed E-state index contributed by atoms with van der Waals surface area (Å²) in [6, 6.07) is 4.78. The van der Waals surface area contributed by atoms with E-state index in [1.165, 1.54) is 6.07 Å². The van der Waals surface area contributed by atoms with Crippen LogP contribution in [0.5, 0.6) is 0 Å². The quantitative estimate of drug-likeness (QED) is 0.714. The zero-order chi connectivity index (χ0) is 10.8. The summed E-state index contributed by atoms with van der Waals surface area (Å²) in [6.45, 7) is 0. The molecule has 0 bridgehead atoms. The topological polar surface area (TPSA) is 54.4 Å². The van der Waals surface area contributed by atoms with Crippen molar-refractivity contribution in [1.82, 2.24) is 0 Å². The van der Waals surface area contributed by atoms with Gasteiger partial charge in [-0.3, -0.25) is 4.79 Å². The lowest BCUT2D eigenvalue weighted by atomic mass is 9.99. The number of hydrogen-bond acceptors (Lipinski definition) is 2. The fraction of sp³-hybridized carbons (Fsp3) is 0.333. The molecular weight excluding hydrogens is 192 g/mol. The summed E-state index contributed by atoms with van der Waals surface area (Å²) in [4.78, 5) is 22.4. The third-order valence-electron chi connectivity index (χ3n) is 2.75. The number of aryl methyl sites for hydroxylation is 1. The maximum atomic E-state index is 11.6.